The van der Waals surface area contributed by atoms with Crippen molar-refractivity contribution in [2.75, 3.05) is 25.0 Å². The Balaban J connectivity index is 1.87. The van der Waals surface area contributed by atoms with Crippen molar-refractivity contribution in [3.8, 4) is 0 Å². The van der Waals surface area contributed by atoms with Gasteiger partial charge in [-0.05, 0) is 45.2 Å². The van der Waals surface area contributed by atoms with Crippen molar-refractivity contribution in [3.05, 3.63) is 34.0 Å². The van der Waals surface area contributed by atoms with Crippen LogP contribution in [0.2, 0.25) is 0 Å². The van der Waals surface area contributed by atoms with Crippen LogP contribution in [0.15, 0.2) is 17.2 Å². The van der Waals surface area contributed by atoms with Gasteiger partial charge in [0.25, 0.3) is 5.91 Å². The first kappa shape index (κ1) is 22.5. The molecule has 1 N–H and O–H groups in total. The van der Waals surface area contributed by atoms with Gasteiger partial charge in [-0.15, -0.1) is 11.3 Å². The number of aryl methyl sites for hydroxylation is 2. The van der Waals surface area contributed by atoms with Gasteiger partial charge in [0.05, 0.1) is 12.2 Å². The Morgan fingerprint density at radius 3 is 2.50 bits per heavy atom. The van der Waals surface area contributed by atoms with Gasteiger partial charge in [0.1, 0.15) is 15.6 Å². The molecule has 30 heavy (non-hydrogen) atoms. The molecule has 0 aliphatic carbocycles. The number of amides is 1. The lowest BCUT2D eigenvalue weighted by atomic mass is 10.1. The lowest BCUT2D eigenvalue weighted by Gasteiger charge is -2.25. The minimum atomic E-state index is -3.64. The number of carbonyl (C=O) groups is 2. The molecule has 164 valence electrons. The highest BCUT2D eigenvalue weighted by Crippen LogP contribution is 2.33. The molecular formula is C20H27N3O5S2. The van der Waals surface area contributed by atoms with Gasteiger partial charge in [0.15, 0.2) is 0 Å². The summed E-state index contributed by atoms with van der Waals surface area (Å²) in [7, 11) is -2.01. The third-order valence-corrected chi connectivity index (χ3v) is 8.24. The van der Waals surface area contributed by atoms with Crippen LogP contribution in [0.1, 0.15) is 57.5 Å². The predicted octanol–water partition coefficient (Wildman–Crippen LogP) is 3.31. The highest BCUT2D eigenvalue weighted by atomic mass is 32.2. The average Bonchev–Trinajstić information content (AvgIpc) is 3.23. The number of piperidine rings is 1. The van der Waals surface area contributed by atoms with Crippen LogP contribution in [0.25, 0.3) is 0 Å². The second kappa shape index (κ2) is 8.91. The minimum Gasteiger partial charge on any atom is -0.462 e. The molecule has 0 radical (unpaired) electrons. The maximum absolute atomic E-state index is 12.9. The fourth-order valence-corrected chi connectivity index (χ4v) is 6.12. The lowest BCUT2D eigenvalue weighted by Crippen LogP contribution is -2.35. The first-order chi connectivity index (χ1) is 14.2. The van der Waals surface area contributed by atoms with Gasteiger partial charge in [-0.1, -0.05) is 6.42 Å². The number of esters is 1. The zero-order chi connectivity index (χ0) is 22.1. The van der Waals surface area contributed by atoms with E-state index < -0.39 is 21.9 Å². The highest BCUT2D eigenvalue weighted by molar-refractivity contribution is 7.89. The second-order valence-electron chi connectivity index (χ2n) is 7.30. The lowest BCUT2D eigenvalue weighted by molar-refractivity contribution is 0.0527. The minimum absolute atomic E-state index is 0.0983. The van der Waals surface area contributed by atoms with Crippen molar-refractivity contribution in [2.45, 2.75) is 44.9 Å². The number of aromatic nitrogens is 1. The summed E-state index contributed by atoms with van der Waals surface area (Å²) >= 11 is 1.29. The topological polar surface area (TPSA) is 97.7 Å². The van der Waals surface area contributed by atoms with E-state index in [1.165, 1.54) is 32.5 Å². The summed E-state index contributed by atoms with van der Waals surface area (Å²) in [5, 5.41) is 3.16. The fraction of sp³-hybridized carbons (Fsp3) is 0.500. The molecule has 1 aliphatic rings. The van der Waals surface area contributed by atoms with Crippen molar-refractivity contribution in [3.63, 3.8) is 0 Å². The number of nitrogens with one attached hydrogen (secondary N) is 1. The summed E-state index contributed by atoms with van der Waals surface area (Å²) in [6.45, 7) is 6.61. The third-order valence-electron chi connectivity index (χ3n) is 5.26. The Morgan fingerprint density at radius 1 is 1.20 bits per heavy atom. The molecule has 3 heterocycles. The maximum atomic E-state index is 12.9. The van der Waals surface area contributed by atoms with Crippen LogP contribution in [0.4, 0.5) is 5.00 Å². The van der Waals surface area contributed by atoms with Crippen LogP contribution in [0.3, 0.4) is 0 Å². The molecule has 2 aromatic heterocycles. The van der Waals surface area contributed by atoms with Gasteiger partial charge in [0, 0.05) is 31.2 Å². The number of anilines is 1. The van der Waals surface area contributed by atoms with E-state index in [9.17, 15) is 18.0 Å². The summed E-state index contributed by atoms with van der Waals surface area (Å²) in [6, 6.07) is 1.39. The largest absolute Gasteiger partial charge is 0.462 e. The van der Waals surface area contributed by atoms with Gasteiger partial charge in [0.2, 0.25) is 10.0 Å². The number of hydrogen-bond acceptors (Lipinski definition) is 6. The Labute approximate surface area is 180 Å². The Kier molecular flexibility index (Phi) is 6.68. The van der Waals surface area contributed by atoms with E-state index in [2.05, 4.69) is 5.32 Å². The Bertz CT molecular complexity index is 1060. The van der Waals surface area contributed by atoms with Crippen LogP contribution >= 0.6 is 11.3 Å². The van der Waals surface area contributed by atoms with E-state index in [1.807, 2.05) is 6.92 Å². The molecule has 1 amide bonds. The summed E-state index contributed by atoms with van der Waals surface area (Å²) in [6.07, 6.45) is 4.16. The van der Waals surface area contributed by atoms with Gasteiger partial charge < -0.3 is 14.6 Å². The molecule has 0 saturated carbocycles. The van der Waals surface area contributed by atoms with E-state index >= 15 is 0 Å². The number of hydrogen-bond donors (Lipinski definition) is 1. The molecule has 0 spiro atoms. The van der Waals surface area contributed by atoms with Gasteiger partial charge >= 0.3 is 5.97 Å². The number of carbonyl (C=O) groups excluding carboxylic acids is 2. The molecule has 10 heteroatoms. The molecule has 0 unspecified atom stereocenters. The summed E-state index contributed by atoms with van der Waals surface area (Å²) in [5.41, 5.74) is 1.29. The molecule has 8 nitrogen and oxygen atoms in total. The number of nitrogens with zero attached hydrogens (tertiary/aromatic N) is 2. The monoisotopic (exact) mass is 453 g/mol. The van der Waals surface area contributed by atoms with Crippen molar-refractivity contribution in [1.82, 2.24) is 8.87 Å². The molecule has 0 aromatic carbocycles. The van der Waals surface area contributed by atoms with E-state index in [-0.39, 0.29) is 17.2 Å². The fourth-order valence-electron chi connectivity index (χ4n) is 3.49. The number of rotatable bonds is 6. The van der Waals surface area contributed by atoms with Crippen LogP contribution in [0.5, 0.6) is 0 Å². The summed E-state index contributed by atoms with van der Waals surface area (Å²) in [4.78, 5) is 26.3. The molecule has 0 atom stereocenters. The first-order valence-electron chi connectivity index (χ1n) is 9.91. The van der Waals surface area contributed by atoms with E-state index in [4.69, 9.17) is 4.74 Å². The standard InChI is InChI=1S/C20H27N3O5S2/c1-5-28-20(25)17-13(2)14(3)29-19(17)21-18(24)16-11-15(12-22(16)4)30(26,27)23-9-7-6-8-10-23/h11-12H,5-10H2,1-4H3,(H,21,24). The molecule has 0 bridgehead atoms. The Morgan fingerprint density at radius 2 is 1.87 bits per heavy atom. The van der Waals surface area contributed by atoms with Crippen molar-refractivity contribution in [1.29, 1.82) is 0 Å². The molecule has 2 aromatic rings. The summed E-state index contributed by atoms with van der Waals surface area (Å²) < 4.78 is 33.9. The SMILES string of the molecule is CCOC(=O)c1c(NC(=O)c2cc(S(=O)(=O)N3CCCCC3)cn2C)sc(C)c1C. The van der Waals surface area contributed by atoms with Gasteiger partial charge in [-0.3, -0.25) is 4.79 Å². The van der Waals surface area contributed by atoms with E-state index in [1.54, 1.807) is 20.9 Å². The van der Waals surface area contributed by atoms with Crippen LogP contribution in [0, 0.1) is 13.8 Å². The Hall–Kier alpha value is -2.17. The first-order valence-corrected chi connectivity index (χ1v) is 12.2. The van der Waals surface area contributed by atoms with Crippen LogP contribution in [-0.4, -0.2) is 48.9 Å². The van der Waals surface area contributed by atoms with Crippen molar-refractivity contribution < 1.29 is 22.7 Å². The number of ether oxygens (including phenoxy) is 1. The van der Waals surface area contributed by atoms with E-state index in [0.717, 1.165) is 29.7 Å². The van der Waals surface area contributed by atoms with Crippen LogP contribution in [-0.2, 0) is 21.8 Å². The molecular weight excluding hydrogens is 426 g/mol. The van der Waals surface area contributed by atoms with Gasteiger partial charge in [-0.25, -0.2) is 13.2 Å². The van der Waals surface area contributed by atoms with Crippen molar-refractivity contribution >= 4 is 38.2 Å². The highest BCUT2D eigenvalue weighted by Gasteiger charge is 2.29. The second-order valence-corrected chi connectivity index (χ2v) is 10.5. The van der Waals surface area contributed by atoms with Crippen molar-refractivity contribution in [2.24, 2.45) is 7.05 Å². The van der Waals surface area contributed by atoms with Gasteiger partial charge in [-0.2, -0.15) is 4.31 Å². The zero-order valence-electron chi connectivity index (χ0n) is 17.6. The third kappa shape index (κ3) is 4.30. The number of thiophene rings is 1. The number of sulfonamides is 1. The molecule has 1 saturated heterocycles. The van der Waals surface area contributed by atoms with E-state index in [0.29, 0.717) is 23.7 Å². The average molecular weight is 454 g/mol. The maximum Gasteiger partial charge on any atom is 0.341 e. The zero-order valence-corrected chi connectivity index (χ0v) is 19.3. The molecule has 1 aliphatic heterocycles. The molecule has 3 rings (SSSR count). The van der Waals surface area contributed by atoms with Crippen LogP contribution < -0.4 is 5.32 Å². The molecule has 1 fully saturated rings. The normalized spacial score (nSPS) is 15.2. The predicted molar refractivity (Wildman–Crippen MR) is 116 cm³/mol. The quantitative estimate of drug-likeness (QED) is 0.677. The smallest absolute Gasteiger partial charge is 0.341 e. The summed E-state index contributed by atoms with van der Waals surface area (Å²) in [5.74, 6) is -0.973.